The van der Waals surface area contributed by atoms with Gasteiger partial charge >= 0.3 is 0 Å². The van der Waals surface area contributed by atoms with E-state index in [4.69, 9.17) is 4.42 Å². The van der Waals surface area contributed by atoms with Gasteiger partial charge in [0, 0.05) is 12.3 Å². The van der Waals surface area contributed by atoms with Gasteiger partial charge < -0.3 is 9.73 Å². The van der Waals surface area contributed by atoms with E-state index in [0.717, 1.165) is 22.8 Å². The minimum atomic E-state index is 0.0855. The molecule has 0 aliphatic rings. The van der Waals surface area contributed by atoms with Crippen LogP contribution in [-0.4, -0.2) is 18.2 Å². The number of rotatable bonds is 7. The van der Waals surface area contributed by atoms with Crippen LogP contribution in [0.1, 0.15) is 22.5 Å². The molecule has 1 amide bonds. The van der Waals surface area contributed by atoms with Crippen LogP contribution in [0, 0.1) is 13.8 Å². The van der Waals surface area contributed by atoms with E-state index >= 15 is 0 Å². The van der Waals surface area contributed by atoms with Gasteiger partial charge in [0.15, 0.2) is 0 Å². The third-order valence-corrected chi connectivity index (χ3v) is 4.23. The maximum absolute atomic E-state index is 11.9. The van der Waals surface area contributed by atoms with Crippen LogP contribution >= 0.6 is 11.8 Å². The molecular weight excluding hydrogens is 282 g/mol. The summed E-state index contributed by atoms with van der Waals surface area (Å²) in [5, 5.41) is 2.97. The van der Waals surface area contributed by atoms with E-state index in [9.17, 15) is 4.79 Å². The molecular formula is C17H21NO2S. The molecule has 2 aromatic rings. The lowest BCUT2D eigenvalue weighted by Crippen LogP contribution is -2.27. The molecule has 0 fully saturated rings. The molecule has 1 aromatic heterocycles. The number of amides is 1. The summed E-state index contributed by atoms with van der Waals surface area (Å²) < 4.78 is 5.26. The van der Waals surface area contributed by atoms with E-state index in [1.807, 2.05) is 26.0 Å². The molecule has 112 valence electrons. The van der Waals surface area contributed by atoms with Crippen molar-refractivity contribution < 1.29 is 9.21 Å². The first kappa shape index (κ1) is 15.7. The quantitative estimate of drug-likeness (QED) is 0.796. The monoisotopic (exact) mass is 303 g/mol. The maximum atomic E-state index is 11.9. The molecule has 2 rings (SSSR count). The lowest BCUT2D eigenvalue weighted by Gasteiger charge is -2.08. The van der Waals surface area contributed by atoms with E-state index in [-0.39, 0.29) is 5.91 Å². The van der Waals surface area contributed by atoms with Crippen molar-refractivity contribution in [2.45, 2.75) is 26.0 Å². The molecule has 0 atom stereocenters. The van der Waals surface area contributed by atoms with Gasteiger partial charge in [-0.1, -0.05) is 23.8 Å². The van der Waals surface area contributed by atoms with Crippen LogP contribution in [0.3, 0.4) is 0 Å². The molecule has 0 spiro atoms. The Hall–Kier alpha value is -1.68. The number of carbonyl (C=O) groups excluding carboxylic acids is 1. The molecule has 4 heteroatoms. The second-order valence-corrected chi connectivity index (χ2v) is 6.19. The van der Waals surface area contributed by atoms with E-state index in [2.05, 4.69) is 23.5 Å². The topological polar surface area (TPSA) is 42.2 Å². The van der Waals surface area contributed by atoms with Gasteiger partial charge in [-0.2, -0.15) is 11.8 Å². The summed E-state index contributed by atoms with van der Waals surface area (Å²) in [7, 11) is 0. The average molecular weight is 303 g/mol. The number of hydrogen-bond donors (Lipinski definition) is 1. The van der Waals surface area contributed by atoms with Gasteiger partial charge in [-0.25, -0.2) is 0 Å². The molecule has 21 heavy (non-hydrogen) atoms. The Morgan fingerprint density at radius 3 is 2.90 bits per heavy atom. The third-order valence-electron chi connectivity index (χ3n) is 3.25. The van der Waals surface area contributed by atoms with Gasteiger partial charge in [-0.15, -0.1) is 0 Å². The van der Waals surface area contributed by atoms with Gasteiger partial charge in [0.1, 0.15) is 5.76 Å². The number of aryl methyl sites for hydroxylation is 2. The highest BCUT2D eigenvalue weighted by atomic mass is 32.2. The maximum Gasteiger partial charge on any atom is 0.224 e. The van der Waals surface area contributed by atoms with E-state index in [1.54, 1.807) is 18.0 Å². The molecule has 0 aliphatic heterocycles. The summed E-state index contributed by atoms with van der Waals surface area (Å²) in [5.41, 5.74) is 3.47. The first-order valence-corrected chi connectivity index (χ1v) is 8.23. The van der Waals surface area contributed by atoms with Crippen LogP contribution in [0.5, 0.6) is 0 Å². The summed E-state index contributed by atoms with van der Waals surface area (Å²) in [4.78, 5) is 11.9. The molecule has 1 heterocycles. The van der Waals surface area contributed by atoms with Crippen LogP contribution in [0.25, 0.3) is 0 Å². The first-order chi connectivity index (χ1) is 10.1. The molecule has 1 aromatic carbocycles. The number of thioether (sulfide) groups is 1. The highest BCUT2D eigenvalue weighted by Crippen LogP contribution is 2.12. The first-order valence-electron chi connectivity index (χ1n) is 7.08. The number of benzene rings is 1. The Bertz CT molecular complexity index is 578. The molecule has 0 saturated carbocycles. The van der Waals surface area contributed by atoms with Crippen LogP contribution < -0.4 is 5.32 Å². The molecule has 3 nitrogen and oxygen atoms in total. The van der Waals surface area contributed by atoms with Crippen LogP contribution in [0.2, 0.25) is 0 Å². The largest absolute Gasteiger partial charge is 0.468 e. The van der Waals surface area contributed by atoms with E-state index in [0.29, 0.717) is 13.0 Å². The third kappa shape index (κ3) is 5.31. The van der Waals surface area contributed by atoms with Gasteiger partial charge in [0.2, 0.25) is 5.91 Å². The fourth-order valence-electron chi connectivity index (χ4n) is 2.06. The fourth-order valence-corrected chi connectivity index (χ4v) is 2.81. The fraction of sp³-hybridized carbons (Fsp3) is 0.353. The van der Waals surface area contributed by atoms with Crippen molar-refractivity contribution in [3.05, 3.63) is 59.0 Å². The van der Waals surface area contributed by atoms with E-state index < -0.39 is 0 Å². The van der Waals surface area contributed by atoms with Crippen molar-refractivity contribution in [1.29, 1.82) is 0 Å². The van der Waals surface area contributed by atoms with Gasteiger partial charge in [0.25, 0.3) is 0 Å². The minimum absolute atomic E-state index is 0.0855. The Morgan fingerprint density at radius 2 is 2.14 bits per heavy atom. The predicted molar refractivity (Wildman–Crippen MR) is 87.5 cm³/mol. The number of carbonyl (C=O) groups is 1. The average Bonchev–Trinajstić information content (AvgIpc) is 2.96. The number of hydrogen-bond acceptors (Lipinski definition) is 3. The van der Waals surface area contributed by atoms with Crippen molar-refractivity contribution in [3.8, 4) is 0 Å². The number of furan rings is 1. The molecule has 0 bridgehead atoms. The summed E-state index contributed by atoms with van der Waals surface area (Å²) in [6.45, 7) is 4.78. The second kappa shape index (κ2) is 7.93. The van der Waals surface area contributed by atoms with Crippen molar-refractivity contribution in [2.75, 3.05) is 12.3 Å². The van der Waals surface area contributed by atoms with Gasteiger partial charge in [0.05, 0.1) is 18.4 Å². The Balaban J connectivity index is 1.66. The van der Waals surface area contributed by atoms with Crippen molar-refractivity contribution in [2.24, 2.45) is 0 Å². The standard InChI is InChI=1S/C17H21NO2S/c1-13-5-6-14(2)15(10-13)11-17(19)18-7-9-21-12-16-4-3-8-20-16/h3-6,8,10H,7,9,11-12H2,1-2H3,(H,18,19). The molecule has 1 N–H and O–H groups in total. The zero-order valence-electron chi connectivity index (χ0n) is 12.5. The van der Waals surface area contributed by atoms with Crippen molar-refractivity contribution in [1.82, 2.24) is 5.32 Å². The lowest BCUT2D eigenvalue weighted by molar-refractivity contribution is -0.120. The normalized spacial score (nSPS) is 10.6. The molecule has 0 unspecified atom stereocenters. The summed E-state index contributed by atoms with van der Waals surface area (Å²) in [6, 6.07) is 10.1. The van der Waals surface area contributed by atoms with Gasteiger partial charge in [-0.3, -0.25) is 4.79 Å². The van der Waals surface area contributed by atoms with Gasteiger partial charge in [-0.05, 0) is 37.1 Å². The molecule has 0 radical (unpaired) electrons. The highest BCUT2D eigenvalue weighted by molar-refractivity contribution is 7.98. The Morgan fingerprint density at radius 1 is 1.29 bits per heavy atom. The van der Waals surface area contributed by atoms with Crippen LogP contribution in [0.15, 0.2) is 41.0 Å². The van der Waals surface area contributed by atoms with Crippen LogP contribution in [-0.2, 0) is 17.0 Å². The minimum Gasteiger partial charge on any atom is -0.468 e. The lowest BCUT2D eigenvalue weighted by atomic mass is 10.0. The predicted octanol–water partition coefficient (Wildman–Crippen LogP) is 3.49. The second-order valence-electron chi connectivity index (χ2n) is 5.09. The molecule has 0 aliphatic carbocycles. The SMILES string of the molecule is Cc1ccc(C)c(CC(=O)NCCSCc2ccco2)c1. The highest BCUT2D eigenvalue weighted by Gasteiger charge is 2.06. The number of nitrogens with one attached hydrogen (secondary N) is 1. The van der Waals surface area contributed by atoms with E-state index in [1.165, 1.54) is 11.1 Å². The Kier molecular flexibility index (Phi) is 5.93. The Labute approximate surface area is 130 Å². The van der Waals surface area contributed by atoms with Crippen molar-refractivity contribution >= 4 is 17.7 Å². The summed E-state index contributed by atoms with van der Waals surface area (Å²) in [5.74, 6) is 2.79. The smallest absolute Gasteiger partial charge is 0.224 e. The van der Waals surface area contributed by atoms with Crippen molar-refractivity contribution in [3.63, 3.8) is 0 Å². The van der Waals surface area contributed by atoms with Crippen LogP contribution in [0.4, 0.5) is 0 Å². The zero-order valence-corrected chi connectivity index (χ0v) is 13.3. The summed E-state index contributed by atoms with van der Waals surface area (Å²) >= 11 is 1.76. The molecule has 0 saturated heterocycles. The zero-order chi connectivity index (χ0) is 15.1. The summed E-state index contributed by atoms with van der Waals surface area (Å²) in [6.07, 6.45) is 2.14.